The summed E-state index contributed by atoms with van der Waals surface area (Å²) < 4.78 is 11.1. The van der Waals surface area contributed by atoms with Gasteiger partial charge >= 0.3 is 0 Å². The molecule has 4 atom stereocenters. The van der Waals surface area contributed by atoms with E-state index in [0.717, 1.165) is 45.4 Å². The third-order valence-corrected chi connectivity index (χ3v) is 7.58. The molecule has 0 spiro atoms. The Morgan fingerprint density at radius 3 is 2.24 bits per heavy atom. The van der Waals surface area contributed by atoms with Crippen LogP contribution in [0.15, 0.2) is 0 Å². The molecule has 10 nitrogen and oxygen atoms in total. The largest absolute Gasteiger partial charge is 0.388 e. The molecule has 0 aromatic rings. The fourth-order valence-electron chi connectivity index (χ4n) is 5.24. The van der Waals surface area contributed by atoms with Gasteiger partial charge in [-0.2, -0.15) is 0 Å². The average molecular weight is 529 g/mol. The predicted molar refractivity (Wildman–Crippen MR) is 143 cm³/mol. The van der Waals surface area contributed by atoms with Crippen molar-refractivity contribution < 1.29 is 29.3 Å². The van der Waals surface area contributed by atoms with Crippen molar-refractivity contribution in [3.8, 4) is 0 Å². The lowest BCUT2D eigenvalue weighted by Crippen LogP contribution is -2.56. The van der Waals surface area contributed by atoms with E-state index in [1.165, 1.54) is 14.0 Å². The SMILES string of the molecule is CO[C@@H]1CN(C(C)=O)C[C@@H](CC(C)C)N(C(=O)CN2CCN(C(C)C)CC2)CCCCOC[C@@H](O)[C@H]1O. The number of aliphatic hydroxyl groups is 2. The van der Waals surface area contributed by atoms with Gasteiger partial charge in [0.1, 0.15) is 18.3 Å². The fourth-order valence-corrected chi connectivity index (χ4v) is 5.24. The van der Waals surface area contributed by atoms with Crippen molar-refractivity contribution >= 4 is 11.8 Å². The normalized spacial score (nSPS) is 28.5. The molecule has 2 rings (SSSR count). The smallest absolute Gasteiger partial charge is 0.237 e. The van der Waals surface area contributed by atoms with Crippen LogP contribution in [-0.2, 0) is 19.1 Å². The van der Waals surface area contributed by atoms with Crippen LogP contribution in [0.2, 0.25) is 0 Å². The van der Waals surface area contributed by atoms with Crippen LogP contribution in [0.25, 0.3) is 0 Å². The van der Waals surface area contributed by atoms with Gasteiger partial charge in [0, 0.05) is 78.5 Å². The van der Waals surface area contributed by atoms with Crippen LogP contribution in [0.1, 0.15) is 53.9 Å². The number of rotatable bonds is 6. The summed E-state index contributed by atoms with van der Waals surface area (Å²) in [5.41, 5.74) is 0. The summed E-state index contributed by atoms with van der Waals surface area (Å²) in [6, 6.07) is 0.351. The van der Waals surface area contributed by atoms with Crippen molar-refractivity contribution in [2.45, 2.75) is 84.3 Å². The maximum Gasteiger partial charge on any atom is 0.237 e. The molecule has 2 fully saturated rings. The third kappa shape index (κ3) is 10.4. The minimum atomic E-state index is -1.19. The Labute approximate surface area is 223 Å². The number of hydrogen-bond acceptors (Lipinski definition) is 8. The highest BCUT2D eigenvalue weighted by Crippen LogP contribution is 2.18. The highest BCUT2D eigenvalue weighted by atomic mass is 16.5. The Balaban J connectivity index is 2.24. The van der Waals surface area contributed by atoms with E-state index < -0.39 is 18.3 Å². The van der Waals surface area contributed by atoms with Crippen molar-refractivity contribution in [3.05, 3.63) is 0 Å². The van der Waals surface area contributed by atoms with Crippen LogP contribution in [0.5, 0.6) is 0 Å². The third-order valence-electron chi connectivity index (χ3n) is 7.58. The van der Waals surface area contributed by atoms with E-state index in [0.29, 0.717) is 38.2 Å². The molecule has 2 amide bonds. The lowest BCUT2D eigenvalue weighted by molar-refractivity contribution is -0.143. The number of ether oxygens (including phenoxy) is 2. The molecule has 0 bridgehead atoms. The Bertz CT molecular complexity index is 686. The van der Waals surface area contributed by atoms with E-state index in [2.05, 4.69) is 37.5 Å². The zero-order valence-electron chi connectivity index (χ0n) is 24.0. The predicted octanol–water partition coefficient (Wildman–Crippen LogP) is 0.651. The summed E-state index contributed by atoms with van der Waals surface area (Å²) in [7, 11) is 1.46. The van der Waals surface area contributed by atoms with Gasteiger partial charge in [0.15, 0.2) is 0 Å². The van der Waals surface area contributed by atoms with Crippen molar-refractivity contribution in [2.24, 2.45) is 5.92 Å². The summed E-state index contributed by atoms with van der Waals surface area (Å²) >= 11 is 0. The van der Waals surface area contributed by atoms with Crippen LogP contribution in [0, 0.1) is 5.92 Å². The van der Waals surface area contributed by atoms with Gasteiger partial charge in [0.25, 0.3) is 0 Å². The van der Waals surface area contributed by atoms with Crippen LogP contribution in [-0.4, -0.2) is 145 Å². The van der Waals surface area contributed by atoms with Crippen molar-refractivity contribution in [3.63, 3.8) is 0 Å². The number of methoxy groups -OCH3 is 1. The van der Waals surface area contributed by atoms with Crippen molar-refractivity contribution in [1.29, 1.82) is 0 Å². The summed E-state index contributed by atoms with van der Waals surface area (Å²) in [5, 5.41) is 21.1. The number of piperazine rings is 1. The molecule has 0 aromatic carbocycles. The van der Waals surface area contributed by atoms with E-state index in [9.17, 15) is 19.8 Å². The number of aliphatic hydroxyl groups excluding tert-OH is 2. The zero-order valence-corrected chi connectivity index (χ0v) is 24.0. The minimum absolute atomic E-state index is 0.0118. The molecule has 0 unspecified atom stereocenters. The molecule has 0 saturated carbocycles. The van der Waals surface area contributed by atoms with Crippen LogP contribution in [0.3, 0.4) is 0 Å². The Morgan fingerprint density at radius 1 is 1.00 bits per heavy atom. The van der Waals surface area contributed by atoms with Crippen LogP contribution < -0.4 is 0 Å². The first-order valence-electron chi connectivity index (χ1n) is 14.0. The van der Waals surface area contributed by atoms with Crippen LogP contribution in [0.4, 0.5) is 0 Å². The van der Waals surface area contributed by atoms with Gasteiger partial charge in [-0.25, -0.2) is 0 Å². The van der Waals surface area contributed by atoms with Gasteiger partial charge < -0.3 is 29.5 Å². The Hall–Kier alpha value is -1.30. The summed E-state index contributed by atoms with van der Waals surface area (Å²) in [5.74, 6) is 0.272. The van der Waals surface area contributed by atoms with E-state index in [4.69, 9.17) is 9.47 Å². The standard InChI is InChI=1S/C27H52N4O6/c1-20(2)15-23-16-30(22(5)32)17-25(36-6)27(35)24(33)19-37-14-8-7-9-31(23)26(34)18-28-10-12-29(13-11-28)21(3)4/h20-21,23-25,27,33,35H,7-19H2,1-6H3/t23-,24-,25-,27-/m1/s1. The molecule has 2 aliphatic rings. The monoisotopic (exact) mass is 528 g/mol. The zero-order chi connectivity index (χ0) is 27.5. The number of amides is 2. The summed E-state index contributed by atoms with van der Waals surface area (Å²) in [6.07, 6.45) is -0.816. The maximum absolute atomic E-state index is 13.7. The molecular weight excluding hydrogens is 476 g/mol. The van der Waals surface area contributed by atoms with Gasteiger partial charge in [-0.05, 0) is 39.0 Å². The second kappa shape index (κ2) is 16.0. The van der Waals surface area contributed by atoms with Crippen LogP contribution >= 0.6 is 0 Å². The first-order valence-corrected chi connectivity index (χ1v) is 14.0. The molecule has 216 valence electrons. The molecule has 0 aromatic heterocycles. The van der Waals surface area contributed by atoms with Crippen molar-refractivity contribution in [1.82, 2.24) is 19.6 Å². The van der Waals surface area contributed by atoms with Gasteiger partial charge in [-0.1, -0.05) is 13.8 Å². The molecule has 2 heterocycles. The molecule has 2 N–H and O–H groups in total. The quantitative estimate of drug-likeness (QED) is 0.518. The summed E-state index contributed by atoms with van der Waals surface area (Å²) in [4.78, 5) is 34.7. The summed E-state index contributed by atoms with van der Waals surface area (Å²) in [6.45, 7) is 15.7. The van der Waals surface area contributed by atoms with E-state index in [-0.39, 0.29) is 31.0 Å². The molecular formula is C27H52N4O6. The minimum Gasteiger partial charge on any atom is -0.388 e. The van der Waals surface area contributed by atoms with Gasteiger partial charge in [0.2, 0.25) is 11.8 Å². The van der Waals surface area contributed by atoms with Gasteiger partial charge in [-0.15, -0.1) is 0 Å². The highest BCUT2D eigenvalue weighted by Gasteiger charge is 2.33. The fraction of sp³-hybridized carbons (Fsp3) is 0.926. The lowest BCUT2D eigenvalue weighted by atomic mass is 10.00. The average Bonchev–Trinajstić information content (AvgIpc) is 2.84. The number of nitrogens with zero attached hydrogens (tertiary/aromatic N) is 4. The first kappa shape index (κ1) is 31.9. The molecule has 2 aliphatic heterocycles. The van der Waals surface area contributed by atoms with E-state index in [1.807, 2.05) is 4.90 Å². The Morgan fingerprint density at radius 2 is 1.68 bits per heavy atom. The second-order valence-corrected chi connectivity index (χ2v) is 11.3. The van der Waals surface area contributed by atoms with Crippen molar-refractivity contribution in [2.75, 3.05) is 72.7 Å². The lowest BCUT2D eigenvalue weighted by Gasteiger charge is -2.40. The molecule has 2 saturated heterocycles. The molecule has 0 radical (unpaired) electrons. The molecule has 10 heteroatoms. The number of hydrogen-bond donors (Lipinski definition) is 2. The van der Waals surface area contributed by atoms with E-state index in [1.54, 1.807) is 4.90 Å². The van der Waals surface area contributed by atoms with Gasteiger partial charge in [-0.3, -0.25) is 19.4 Å². The maximum atomic E-state index is 13.7. The molecule has 37 heavy (non-hydrogen) atoms. The van der Waals surface area contributed by atoms with Gasteiger partial charge in [0.05, 0.1) is 13.2 Å². The Kier molecular flexibility index (Phi) is 13.8. The number of carbonyl (C=O) groups is 2. The highest BCUT2D eigenvalue weighted by molar-refractivity contribution is 5.79. The topological polar surface area (TPSA) is 106 Å². The first-order chi connectivity index (χ1) is 17.5. The molecule has 0 aliphatic carbocycles. The van der Waals surface area contributed by atoms with E-state index >= 15 is 0 Å². The second-order valence-electron chi connectivity index (χ2n) is 11.3. The number of carbonyl (C=O) groups excluding carboxylic acids is 2.